The standard InChI is InChI=1S/C91H112N22O21S2/c1-45(2)29-65(82(125)110-71(35-76(118)119)81(124)101-46(3)77(120)104-66(30-47-36-96-58-20-9-4-15-52(47)58)85(128)112-73(42-115)89(132)109-70(87(130)113-74(44-136)90(133)134)34-51-40-100-62-24-13-8-19-56(51)62)106-80(123)64(26-27-75(116)117)103-88(131)72(41-114)111-86(129)69(33-50-39-99-61-23-12-7-18-55(50)61)108-84(127)68(32-49-38-98-60-22-11-6-17-54(49)60)107-79(122)63(25-14-28-95-91(93)94)102-83(126)67(105-78(121)57(92)43-135)31-48-37-97-59-21-10-5-16-53(48)59/h4-13,15-24,36-40,45-46,57,63-74,96-100,114-115,135-136H,14,25-35,41-44,92H2,1-3H3,(H,101,124)(H,102,126)(H,103,131)(H,104,120)(H,105,121)(H,106,123)(H,107,122)(H,108,127)(H,109,132)(H,110,125)(H,111,129)(H,112,128)(H,113,130)(H,116,117)(H,118,119)(H,133,134)(H4,93,94,95)/t46-,57-,63-,64-,65-,66-,67-,68-,69-,70-,71-,72-,73-,74-/m0/s1. The molecule has 0 radical (unpaired) electrons. The minimum atomic E-state index is -2.06. The number of thiol groups is 2. The quantitative estimate of drug-likeness (QED) is 0.00925. The minimum absolute atomic E-state index is 0.0291. The largest absolute Gasteiger partial charge is 0.481 e. The lowest BCUT2D eigenvalue weighted by molar-refractivity contribution is -0.142. The summed E-state index contributed by atoms with van der Waals surface area (Å²) in [6, 6.07) is 11.6. The van der Waals surface area contributed by atoms with E-state index in [1.807, 2.05) is 12.1 Å². The van der Waals surface area contributed by atoms with E-state index in [-0.39, 0.29) is 69.4 Å². The van der Waals surface area contributed by atoms with Gasteiger partial charge in [-0.25, -0.2) is 4.79 Å². The summed E-state index contributed by atoms with van der Waals surface area (Å²) in [4.78, 5) is 242. The fourth-order valence-corrected chi connectivity index (χ4v) is 15.8. The second-order valence-corrected chi connectivity index (χ2v) is 33.8. The molecule has 136 heavy (non-hydrogen) atoms. The number of fused-ring (bicyclic) bond motifs is 5. The average Bonchev–Trinajstić information content (AvgIpc) is 1.69. The third kappa shape index (κ3) is 28.6. The molecule has 45 heteroatoms. The maximum absolute atomic E-state index is 15.5. The first-order valence-corrected chi connectivity index (χ1v) is 44.9. The number of aromatic amines is 5. The Morgan fingerprint density at radius 3 is 0.941 bits per heavy atom. The number of nitrogens with two attached hydrogens (primary N) is 2. The molecule has 724 valence electrons. The van der Waals surface area contributed by atoms with Gasteiger partial charge < -0.3 is 136 Å². The van der Waals surface area contributed by atoms with Gasteiger partial charge >= 0.3 is 17.9 Å². The van der Waals surface area contributed by atoms with Crippen molar-refractivity contribution in [2.24, 2.45) is 17.4 Å². The number of guanidine groups is 1. The fraction of sp³-hybridized carbons (Fsp3) is 0.374. The van der Waals surface area contributed by atoms with E-state index in [1.165, 1.54) is 6.20 Å². The molecule has 0 fully saturated rings. The van der Waals surface area contributed by atoms with Gasteiger partial charge in [0.1, 0.15) is 78.5 Å². The second-order valence-electron chi connectivity index (χ2n) is 33.1. The van der Waals surface area contributed by atoms with Crippen molar-refractivity contribution in [1.29, 1.82) is 5.41 Å². The maximum Gasteiger partial charge on any atom is 0.327 e. The van der Waals surface area contributed by atoms with Crippen LogP contribution in [0.2, 0.25) is 0 Å². The van der Waals surface area contributed by atoms with Crippen LogP contribution in [0.25, 0.3) is 54.5 Å². The Labute approximate surface area is 788 Å². The molecule has 13 amide bonds. The van der Waals surface area contributed by atoms with Crippen molar-refractivity contribution in [2.45, 2.75) is 176 Å². The van der Waals surface area contributed by atoms with Gasteiger partial charge in [-0.1, -0.05) is 105 Å². The van der Waals surface area contributed by atoms with Crippen LogP contribution in [0.5, 0.6) is 0 Å². The van der Waals surface area contributed by atoms with Gasteiger partial charge in [0.2, 0.25) is 76.8 Å². The van der Waals surface area contributed by atoms with E-state index in [0.717, 1.165) is 17.8 Å². The maximum atomic E-state index is 15.5. The highest BCUT2D eigenvalue weighted by Gasteiger charge is 2.40. The highest BCUT2D eigenvalue weighted by atomic mass is 32.1. The first-order valence-electron chi connectivity index (χ1n) is 43.7. The van der Waals surface area contributed by atoms with Crippen molar-refractivity contribution >= 4 is 180 Å². The number of carbonyl (C=O) groups excluding carboxylic acids is 13. The van der Waals surface area contributed by atoms with Crippen LogP contribution in [0.4, 0.5) is 0 Å². The molecule has 5 aromatic carbocycles. The molecule has 43 nitrogen and oxygen atoms in total. The third-order valence-electron chi connectivity index (χ3n) is 22.6. The Bertz CT molecular complexity index is 6010. The number of benzene rings is 5. The van der Waals surface area contributed by atoms with Gasteiger partial charge in [0, 0.05) is 142 Å². The van der Waals surface area contributed by atoms with Crippen molar-refractivity contribution < 1.29 is 102 Å². The number of carboxylic acids is 3. The van der Waals surface area contributed by atoms with Crippen LogP contribution in [-0.2, 0) is 109 Å². The molecular formula is C91H112N22O21S2. The van der Waals surface area contributed by atoms with E-state index in [4.69, 9.17) is 16.9 Å². The van der Waals surface area contributed by atoms with Crippen molar-refractivity contribution in [3.05, 3.63) is 180 Å². The summed E-state index contributed by atoms with van der Waals surface area (Å²) >= 11 is 8.21. The normalized spacial score (nSPS) is 14.5. The lowest BCUT2D eigenvalue weighted by Gasteiger charge is -2.28. The number of hydrogen-bond donors (Lipinski definition) is 29. The van der Waals surface area contributed by atoms with Crippen LogP contribution in [0.3, 0.4) is 0 Å². The van der Waals surface area contributed by atoms with Gasteiger partial charge in [0.05, 0.1) is 25.7 Å². The van der Waals surface area contributed by atoms with E-state index in [9.17, 15) is 87.9 Å². The number of rotatable bonds is 52. The summed E-state index contributed by atoms with van der Waals surface area (Å²) in [6.45, 7) is 2.06. The molecule has 29 N–H and O–H groups in total. The summed E-state index contributed by atoms with van der Waals surface area (Å²) < 4.78 is 0. The van der Waals surface area contributed by atoms with Crippen LogP contribution < -0.4 is 85.9 Å². The fourth-order valence-electron chi connectivity index (χ4n) is 15.4. The molecule has 5 heterocycles. The van der Waals surface area contributed by atoms with Gasteiger partial charge in [-0.15, -0.1) is 0 Å². The first-order chi connectivity index (χ1) is 65.0. The molecular weight excluding hydrogens is 1800 g/mol. The highest BCUT2D eigenvalue weighted by molar-refractivity contribution is 7.80. The summed E-state index contributed by atoms with van der Waals surface area (Å²) in [5, 5.41) is 97.7. The smallest absolute Gasteiger partial charge is 0.327 e. The van der Waals surface area contributed by atoms with Crippen LogP contribution >= 0.6 is 25.3 Å². The van der Waals surface area contributed by atoms with Crippen molar-refractivity contribution in [3.63, 3.8) is 0 Å². The van der Waals surface area contributed by atoms with Crippen molar-refractivity contribution in [3.8, 4) is 0 Å². The monoisotopic (exact) mass is 1910 g/mol. The predicted molar refractivity (Wildman–Crippen MR) is 506 cm³/mol. The average molecular weight is 1910 g/mol. The number of aromatic nitrogens is 5. The Morgan fingerprint density at radius 2 is 0.625 bits per heavy atom. The number of hydrogen-bond acceptors (Lipinski definition) is 22. The van der Waals surface area contributed by atoms with Crippen molar-refractivity contribution in [2.75, 3.05) is 31.3 Å². The molecule has 0 aliphatic carbocycles. The summed E-state index contributed by atoms with van der Waals surface area (Å²) in [7, 11) is 0. The van der Waals surface area contributed by atoms with Crippen LogP contribution in [-0.4, -0.2) is 267 Å². The number of aliphatic hydroxyl groups is 2. The van der Waals surface area contributed by atoms with Crippen molar-refractivity contribution in [1.82, 2.24) is 99.4 Å². The topological polar surface area (TPSA) is 698 Å². The van der Waals surface area contributed by atoms with Gasteiger partial charge in [-0.3, -0.25) is 77.3 Å². The van der Waals surface area contributed by atoms with Crippen LogP contribution in [0.1, 0.15) is 87.1 Å². The van der Waals surface area contributed by atoms with E-state index < -0.39 is 224 Å². The van der Waals surface area contributed by atoms with E-state index in [2.05, 4.69) is 125 Å². The zero-order valence-electron chi connectivity index (χ0n) is 74.2. The summed E-state index contributed by atoms with van der Waals surface area (Å²) in [6.07, 6.45) is 3.53. The lowest BCUT2D eigenvalue weighted by atomic mass is 10.0. The lowest BCUT2D eigenvalue weighted by Crippen LogP contribution is -2.62. The molecule has 14 atom stereocenters. The number of H-pyrrole nitrogens is 5. The van der Waals surface area contributed by atoms with Gasteiger partial charge in [-0.05, 0) is 96.7 Å². The van der Waals surface area contributed by atoms with E-state index in [1.54, 1.807) is 148 Å². The molecule has 0 saturated heterocycles. The predicted octanol–water partition coefficient (Wildman–Crippen LogP) is -1.17. The molecule has 0 bridgehead atoms. The molecule has 10 aromatic rings. The van der Waals surface area contributed by atoms with Crippen LogP contribution in [0.15, 0.2) is 152 Å². The van der Waals surface area contributed by atoms with Gasteiger partial charge in [0.15, 0.2) is 5.96 Å². The second kappa shape index (κ2) is 49.2. The molecule has 0 saturated carbocycles. The summed E-state index contributed by atoms with van der Waals surface area (Å²) in [5.41, 5.74) is 17.4. The number of aliphatic hydroxyl groups excluding tert-OH is 2. The van der Waals surface area contributed by atoms with Gasteiger partial charge in [0.25, 0.3) is 0 Å². The number of amides is 13. The highest BCUT2D eigenvalue weighted by Crippen LogP contribution is 2.26. The molecule has 0 spiro atoms. The first kappa shape index (κ1) is 103. The van der Waals surface area contributed by atoms with E-state index in [0.29, 0.717) is 71.4 Å². The number of para-hydroxylation sites is 5. The van der Waals surface area contributed by atoms with E-state index >= 15 is 14.4 Å². The number of carboxylic acid groups (broad SMARTS) is 3. The number of carbonyl (C=O) groups is 16. The Hall–Kier alpha value is -14.8. The number of aliphatic carboxylic acids is 3. The number of nitrogens with one attached hydrogen (secondary N) is 20. The Kier molecular flexibility index (Phi) is 37.4. The molecule has 5 aromatic heterocycles. The third-order valence-corrected chi connectivity index (χ3v) is 23.4. The zero-order valence-corrected chi connectivity index (χ0v) is 76.0. The van der Waals surface area contributed by atoms with Gasteiger partial charge in [-0.2, -0.15) is 25.3 Å². The minimum Gasteiger partial charge on any atom is -0.481 e. The SMILES string of the molecule is CC(C)C[C@H](NC(=O)[C@H](CCC(=O)O)NC(=O)[C@H](CO)NC(=O)[C@H](Cc1c[nH]c2ccccc12)NC(=O)[C@H](Cc1c[nH]c2ccccc12)NC(=O)[C@H](CCCNC(=N)N)NC(=O)[C@H](Cc1c[nH]c2ccccc12)NC(=O)[C@@H](N)CS)C(=O)N[C@@H](CC(=O)O)C(=O)N[C@@H](C)C(=O)N[C@@H](Cc1c[nH]c2ccccc12)C(=O)N[C@@H](CO)C(=O)N[C@@H](Cc1c[nH]c2ccccc12)C(=O)N[C@@H](CS)C(=O)O. The Balaban J connectivity index is 0.848. The summed E-state index contributed by atoms with van der Waals surface area (Å²) in [5.74, 6) is -20.0. The molecule has 0 aliphatic heterocycles. The zero-order chi connectivity index (χ0) is 98.6. The molecule has 10 rings (SSSR count). The van der Waals surface area contributed by atoms with Crippen LogP contribution in [0, 0.1) is 11.3 Å². The Morgan fingerprint density at radius 1 is 0.346 bits per heavy atom. The molecule has 0 aliphatic rings. The molecule has 0 unspecified atom stereocenters.